The molecule has 0 bridgehead atoms. The largest absolute Gasteiger partial charge is 0.497 e. The molecule has 2 aliphatic heterocycles. The van der Waals surface area contributed by atoms with Gasteiger partial charge in [0.25, 0.3) is 0 Å². The van der Waals surface area contributed by atoms with E-state index in [4.69, 9.17) is 9.47 Å². The van der Waals surface area contributed by atoms with Crippen molar-refractivity contribution >= 4 is 17.6 Å². The van der Waals surface area contributed by atoms with Gasteiger partial charge in [-0.25, -0.2) is 9.18 Å². The molecule has 1 N–H and O–H groups in total. The van der Waals surface area contributed by atoms with Gasteiger partial charge in [0.15, 0.2) is 0 Å². The summed E-state index contributed by atoms with van der Waals surface area (Å²) in [6.07, 6.45) is 7.24. The molecule has 41 heavy (non-hydrogen) atoms. The molecule has 6 rings (SSSR count). The third-order valence-corrected chi connectivity index (χ3v) is 8.56. The number of amides is 2. The Bertz CT molecular complexity index is 1400. The molecular formula is C33H37FN4O3. The van der Waals surface area contributed by atoms with E-state index in [-0.39, 0.29) is 11.8 Å². The minimum atomic E-state index is -0.599. The third kappa shape index (κ3) is 5.93. The fraction of sp³-hybridized carbons (Fsp3) is 0.394. The van der Waals surface area contributed by atoms with Crippen molar-refractivity contribution in [3.8, 4) is 17.2 Å². The summed E-state index contributed by atoms with van der Waals surface area (Å²) in [5.41, 5.74) is 1.12. The summed E-state index contributed by atoms with van der Waals surface area (Å²) in [6.45, 7) is 2.34. The number of nitrogens with zero attached hydrogens (tertiary/aromatic N) is 3. The number of nitrogens with one attached hydrogen (secondary N) is 1. The van der Waals surface area contributed by atoms with Crippen LogP contribution in [0.4, 0.5) is 14.9 Å². The molecule has 3 aromatic rings. The Morgan fingerprint density at radius 2 is 1.66 bits per heavy atom. The number of carbonyl (C=O) groups excluding carboxylic acids is 1. The zero-order chi connectivity index (χ0) is 28.2. The monoisotopic (exact) mass is 556 g/mol. The van der Waals surface area contributed by atoms with Crippen LogP contribution < -0.4 is 19.7 Å². The van der Waals surface area contributed by atoms with E-state index in [1.165, 1.54) is 31.4 Å². The topological polar surface area (TPSA) is 66.4 Å². The summed E-state index contributed by atoms with van der Waals surface area (Å²) in [7, 11) is 1.65. The molecule has 8 heteroatoms. The zero-order valence-electron chi connectivity index (χ0n) is 23.5. The Balaban J connectivity index is 1.17. The van der Waals surface area contributed by atoms with E-state index in [0.717, 1.165) is 74.0 Å². The number of benzene rings is 3. The number of hydrogen-bond donors (Lipinski definition) is 1. The number of hydrogen-bond acceptors (Lipinski definition) is 5. The van der Waals surface area contributed by atoms with Crippen molar-refractivity contribution in [1.82, 2.24) is 10.2 Å². The van der Waals surface area contributed by atoms with Crippen LogP contribution in [0.15, 0.2) is 77.8 Å². The molecule has 0 unspecified atom stereocenters. The zero-order valence-corrected chi connectivity index (χ0v) is 23.5. The van der Waals surface area contributed by atoms with Gasteiger partial charge in [0.1, 0.15) is 34.4 Å². The molecule has 0 radical (unpaired) electrons. The summed E-state index contributed by atoms with van der Waals surface area (Å²) in [6, 6.07) is 22.0. The highest BCUT2D eigenvalue weighted by molar-refractivity contribution is 6.16. The lowest BCUT2D eigenvalue weighted by Gasteiger charge is -2.45. The van der Waals surface area contributed by atoms with Gasteiger partial charge in [-0.1, -0.05) is 37.5 Å². The number of rotatable bonds is 7. The first-order valence-electron chi connectivity index (χ1n) is 14.6. The predicted molar refractivity (Wildman–Crippen MR) is 158 cm³/mol. The normalized spacial score (nSPS) is 19.3. The molecule has 1 saturated heterocycles. The standard InChI is InChI=1S/C33H37FN4O3/c1-40-28-13-15-29(16-14-28)41-30-12-5-7-24(21-30)23-37-19-17-33(18-20-37)31(35-26-9-3-2-4-10-26)36-32(39)38(33)27-11-6-8-25(34)22-27/h5-8,11-16,21-22,26H,2-4,9-10,17-20,23H2,1H3,(H,35,36,39). The SMILES string of the molecule is COc1ccc(Oc2cccc(CN3CCC4(CC3)C(NC3CCCCC3)=NC(=O)N4c3cccc(F)c3)c2)cc1. The van der Waals surface area contributed by atoms with Crippen LogP contribution in [-0.2, 0) is 6.54 Å². The van der Waals surface area contributed by atoms with Crippen molar-refractivity contribution in [1.29, 1.82) is 0 Å². The summed E-state index contributed by atoms with van der Waals surface area (Å²) >= 11 is 0. The number of aliphatic imine (C=N–C) groups is 1. The average molecular weight is 557 g/mol. The molecule has 2 amide bonds. The molecule has 3 aliphatic rings. The van der Waals surface area contributed by atoms with Gasteiger partial charge in [-0.15, -0.1) is 0 Å². The van der Waals surface area contributed by atoms with Crippen LogP contribution in [0, 0.1) is 5.82 Å². The van der Waals surface area contributed by atoms with Crippen molar-refractivity contribution in [3.63, 3.8) is 0 Å². The molecule has 1 spiro atoms. The van der Waals surface area contributed by atoms with E-state index < -0.39 is 5.54 Å². The van der Waals surface area contributed by atoms with Crippen LogP contribution in [0.2, 0.25) is 0 Å². The molecule has 1 aliphatic carbocycles. The fourth-order valence-electron chi connectivity index (χ4n) is 6.41. The highest BCUT2D eigenvalue weighted by atomic mass is 19.1. The number of likely N-dealkylation sites (tertiary alicyclic amines) is 1. The van der Waals surface area contributed by atoms with Crippen LogP contribution >= 0.6 is 0 Å². The minimum Gasteiger partial charge on any atom is -0.497 e. The number of piperidine rings is 1. The van der Waals surface area contributed by atoms with Crippen LogP contribution in [0.25, 0.3) is 0 Å². The van der Waals surface area contributed by atoms with Gasteiger partial charge in [-0.3, -0.25) is 9.80 Å². The van der Waals surface area contributed by atoms with E-state index in [2.05, 4.69) is 27.3 Å². The molecule has 2 fully saturated rings. The number of methoxy groups -OCH3 is 1. The second kappa shape index (κ2) is 11.9. The Kier molecular flexibility index (Phi) is 7.92. The molecule has 214 valence electrons. The second-order valence-electron chi connectivity index (χ2n) is 11.3. The Morgan fingerprint density at radius 1 is 0.927 bits per heavy atom. The lowest BCUT2D eigenvalue weighted by molar-refractivity contribution is 0.181. The van der Waals surface area contributed by atoms with Gasteiger partial charge in [0.2, 0.25) is 0 Å². The predicted octanol–water partition coefficient (Wildman–Crippen LogP) is 6.92. The van der Waals surface area contributed by atoms with Gasteiger partial charge < -0.3 is 14.8 Å². The second-order valence-corrected chi connectivity index (χ2v) is 11.3. The summed E-state index contributed by atoms with van der Waals surface area (Å²) in [5.74, 6) is 2.73. The quantitative estimate of drug-likeness (QED) is 0.342. The van der Waals surface area contributed by atoms with Crippen molar-refractivity contribution in [2.45, 2.75) is 63.1 Å². The number of ether oxygens (including phenoxy) is 2. The lowest BCUT2D eigenvalue weighted by atomic mass is 9.83. The number of halogens is 1. The maximum atomic E-state index is 14.3. The molecule has 1 saturated carbocycles. The highest BCUT2D eigenvalue weighted by Gasteiger charge is 2.52. The van der Waals surface area contributed by atoms with Crippen molar-refractivity contribution in [2.75, 3.05) is 25.1 Å². The Hall–Kier alpha value is -3.91. The number of urea groups is 1. The van der Waals surface area contributed by atoms with Gasteiger partial charge >= 0.3 is 6.03 Å². The smallest absolute Gasteiger partial charge is 0.350 e. The van der Waals surface area contributed by atoms with Crippen LogP contribution in [0.1, 0.15) is 50.5 Å². The molecule has 2 heterocycles. The van der Waals surface area contributed by atoms with Crippen molar-refractivity contribution < 1.29 is 18.7 Å². The van der Waals surface area contributed by atoms with Crippen molar-refractivity contribution in [3.05, 3.63) is 84.2 Å². The molecule has 7 nitrogen and oxygen atoms in total. The first-order valence-corrected chi connectivity index (χ1v) is 14.6. The van der Waals surface area contributed by atoms with E-state index >= 15 is 0 Å². The van der Waals surface area contributed by atoms with E-state index in [1.807, 2.05) is 42.5 Å². The fourth-order valence-corrected chi connectivity index (χ4v) is 6.41. The minimum absolute atomic E-state index is 0.314. The number of anilines is 1. The number of amidine groups is 1. The summed E-state index contributed by atoms with van der Waals surface area (Å²) < 4.78 is 25.6. The maximum Gasteiger partial charge on any atom is 0.350 e. The summed E-state index contributed by atoms with van der Waals surface area (Å²) in [4.78, 5) is 22.0. The maximum absolute atomic E-state index is 14.3. The Morgan fingerprint density at radius 3 is 2.39 bits per heavy atom. The van der Waals surface area contributed by atoms with Gasteiger partial charge in [-0.2, -0.15) is 4.99 Å². The molecule has 0 aromatic heterocycles. The summed E-state index contributed by atoms with van der Waals surface area (Å²) in [5, 5.41) is 3.68. The first kappa shape index (κ1) is 27.3. The average Bonchev–Trinajstić information content (AvgIpc) is 3.25. The van der Waals surface area contributed by atoms with Crippen LogP contribution in [0.3, 0.4) is 0 Å². The van der Waals surface area contributed by atoms with Gasteiger partial charge in [-0.05, 0) is 85.8 Å². The van der Waals surface area contributed by atoms with Crippen molar-refractivity contribution in [2.24, 2.45) is 4.99 Å². The third-order valence-electron chi connectivity index (χ3n) is 8.56. The van der Waals surface area contributed by atoms with Crippen LogP contribution in [0.5, 0.6) is 17.2 Å². The van der Waals surface area contributed by atoms with E-state index in [0.29, 0.717) is 11.7 Å². The van der Waals surface area contributed by atoms with E-state index in [1.54, 1.807) is 18.1 Å². The first-order chi connectivity index (χ1) is 20.0. The van der Waals surface area contributed by atoms with Gasteiger partial charge in [0.05, 0.1) is 7.11 Å². The molecule has 0 atom stereocenters. The Labute approximate surface area is 241 Å². The van der Waals surface area contributed by atoms with E-state index in [9.17, 15) is 9.18 Å². The molecule has 3 aromatic carbocycles. The van der Waals surface area contributed by atoms with Gasteiger partial charge in [0, 0.05) is 31.4 Å². The van der Waals surface area contributed by atoms with Crippen LogP contribution in [-0.4, -0.2) is 48.5 Å². The molecular weight excluding hydrogens is 519 g/mol. The highest BCUT2D eigenvalue weighted by Crippen LogP contribution is 2.39. The lowest BCUT2D eigenvalue weighted by Crippen LogP contribution is -2.62. The number of carbonyl (C=O) groups is 1.